The summed E-state index contributed by atoms with van der Waals surface area (Å²) in [5, 5.41) is 11.3. The Labute approximate surface area is 115 Å². The first-order chi connectivity index (χ1) is 9.43. The molecule has 108 valence electrons. The second-order valence-electron chi connectivity index (χ2n) is 3.93. The maximum Gasteiger partial charge on any atom is 0.335 e. The van der Waals surface area contributed by atoms with Crippen LogP contribution in [0.4, 0.5) is 4.79 Å². The maximum absolute atomic E-state index is 11.6. The molecule has 2 amide bonds. The van der Waals surface area contributed by atoms with Crippen molar-refractivity contribution in [1.29, 1.82) is 0 Å². The number of likely N-dealkylation sites (N-methyl/N-ethyl adjacent to an activating group) is 1. The minimum atomic E-state index is -1.07. The molecule has 0 saturated carbocycles. The second-order valence-corrected chi connectivity index (χ2v) is 3.93. The summed E-state index contributed by atoms with van der Waals surface area (Å²) in [6.07, 6.45) is 1.35. The number of methoxy groups -OCH3 is 1. The highest BCUT2D eigenvalue weighted by Crippen LogP contribution is 2.01. The molecule has 0 spiro atoms. The van der Waals surface area contributed by atoms with Crippen LogP contribution in [0.1, 0.15) is 16.1 Å². The van der Waals surface area contributed by atoms with Crippen LogP contribution in [-0.4, -0.2) is 53.7 Å². The average molecular weight is 281 g/mol. The minimum absolute atomic E-state index is 0.0610. The number of urea groups is 1. The van der Waals surface area contributed by atoms with Crippen molar-refractivity contribution in [2.24, 2.45) is 0 Å². The number of carboxylic acid groups (broad SMARTS) is 1. The van der Waals surface area contributed by atoms with E-state index in [1.54, 1.807) is 0 Å². The van der Waals surface area contributed by atoms with Crippen LogP contribution in [0.2, 0.25) is 0 Å². The minimum Gasteiger partial charge on any atom is -0.478 e. The van der Waals surface area contributed by atoms with Gasteiger partial charge in [0.1, 0.15) is 6.54 Å². The maximum atomic E-state index is 11.6. The molecule has 0 fully saturated rings. The summed E-state index contributed by atoms with van der Waals surface area (Å²) in [5.74, 6) is -1.60. The molecule has 8 nitrogen and oxygen atoms in total. The standard InChI is InChI=1S/C12H15N3O5/c1-15(7-10(16)20-2)12(19)14-6-9-5-8(11(17)18)3-4-13-9/h3-5H,6-7H2,1-2H3,(H,14,19)(H,17,18). The predicted octanol–water partition coefficient (Wildman–Crippen LogP) is 0.0942. The van der Waals surface area contributed by atoms with Crippen molar-refractivity contribution in [2.45, 2.75) is 6.54 Å². The van der Waals surface area contributed by atoms with Crippen molar-refractivity contribution in [3.63, 3.8) is 0 Å². The van der Waals surface area contributed by atoms with Crippen molar-refractivity contribution in [3.05, 3.63) is 29.6 Å². The van der Waals surface area contributed by atoms with Crippen LogP contribution >= 0.6 is 0 Å². The van der Waals surface area contributed by atoms with Gasteiger partial charge in [-0.15, -0.1) is 0 Å². The van der Waals surface area contributed by atoms with Gasteiger partial charge in [0.25, 0.3) is 0 Å². The SMILES string of the molecule is COC(=O)CN(C)C(=O)NCc1cc(C(=O)O)ccn1. The number of hydrogen-bond donors (Lipinski definition) is 2. The van der Waals surface area contributed by atoms with E-state index in [1.165, 1.54) is 32.5 Å². The van der Waals surface area contributed by atoms with E-state index in [0.717, 1.165) is 4.90 Å². The number of carbonyl (C=O) groups is 3. The van der Waals surface area contributed by atoms with Crippen LogP contribution in [0.25, 0.3) is 0 Å². The molecule has 0 aliphatic rings. The number of pyridine rings is 1. The lowest BCUT2D eigenvalue weighted by Crippen LogP contribution is -2.40. The smallest absolute Gasteiger partial charge is 0.335 e. The summed E-state index contributed by atoms with van der Waals surface area (Å²) < 4.78 is 4.44. The van der Waals surface area contributed by atoms with E-state index in [9.17, 15) is 14.4 Å². The molecular formula is C12H15N3O5. The molecule has 0 unspecified atom stereocenters. The lowest BCUT2D eigenvalue weighted by atomic mass is 10.2. The van der Waals surface area contributed by atoms with Crippen molar-refractivity contribution in [3.8, 4) is 0 Å². The van der Waals surface area contributed by atoms with Crippen LogP contribution in [-0.2, 0) is 16.1 Å². The molecule has 0 saturated heterocycles. The Morgan fingerprint density at radius 2 is 2.15 bits per heavy atom. The predicted molar refractivity (Wildman–Crippen MR) is 68.1 cm³/mol. The normalized spacial score (nSPS) is 9.70. The summed E-state index contributed by atoms with van der Waals surface area (Å²) in [4.78, 5) is 38.5. The van der Waals surface area contributed by atoms with E-state index in [4.69, 9.17) is 5.11 Å². The lowest BCUT2D eigenvalue weighted by molar-refractivity contribution is -0.141. The van der Waals surface area contributed by atoms with Crippen molar-refractivity contribution >= 4 is 18.0 Å². The second kappa shape index (κ2) is 7.07. The Bertz CT molecular complexity index is 518. The van der Waals surface area contributed by atoms with Gasteiger partial charge in [-0.05, 0) is 12.1 Å². The number of esters is 1. The van der Waals surface area contributed by atoms with Crippen LogP contribution in [0.15, 0.2) is 18.3 Å². The third kappa shape index (κ3) is 4.56. The first kappa shape index (κ1) is 15.4. The largest absolute Gasteiger partial charge is 0.478 e. The Morgan fingerprint density at radius 1 is 1.45 bits per heavy atom. The molecule has 0 atom stereocenters. The van der Waals surface area contributed by atoms with Gasteiger partial charge >= 0.3 is 18.0 Å². The van der Waals surface area contributed by atoms with Gasteiger partial charge in [0, 0.05) is 13.2 Å². The average Bonchev–Trinajstić information content (AvgIpc) is 2.44. The zero-order valence-corrected chi connectivity index (χ0v) is 11.1. The Balaban J connectivity index is 2.54. The fourth-order valence-corrected chi connectivity index (χ4v) is 1.34. The number of carbonyl (C=O) groups excluding carboxylic acids is 2. The van der Waals surface area contributed by atoms with E-state index < -0.39 is 18.0 Å². The number of ether oxygens (including phenoxy) is 1. The molecule has 20 heavy (non-hydrogen) atoms. The van der Waals surface area contributed by atoms with E-state index in [-0.39, 0.29) is 18.7 Å². The summed E-state index contributed by atoms with van der Waals surface area (Å²) in [6.45, 7) is -0.115. The van der Waals surface area contributed by atoms with Crippen LogP contribution < -0.4 is 5.32 Å². The first-order valence-corrected chi connectivity index (χ1v) is 5.68. The highest BCUT2D eigenvalue weighted by molar-refractivity contribution is 5.87. The third-order valence-corrected chi connectivity index (χ3v) is 2.42. The lowest BCUT2D eigenvalue weighted by Gasteiger charge is -2.16. The summed E-state index contributed by atoms with van der Waals surface area (Å²) in [5.41, 5.74) is 0.497. The van der Waals surface area contributed by atoms with Gasteiger partial charge < -0.3 is 20.1 Å². The molecule has 1 heterocycles. The van der Waals surface area contributed by atoms with Gasteiger partial charge in [0.15, 0.2) is 0 Å². The number of carboxylic acids is 1. The topological polar surface area (TPSA) is 109 Å². The fourth-order valence-electron chi connectivity index (χ4n) is 1.34. The highest BCUT2D eigenvalue weighted by Gasteiger charge is 2.13. The number of aromatic nitrogens is 1. The Morgan fingerprint density at radius 3 is 2.75 bits per heavy atom. The molecule has 1 aromatic rings. The fraction of sp³-hybridized carbons (Fsp3) is 0.333. The van der Waals surface area contributed by atoms with Gasteiger partial charge in [0.2, 0.25) is 0 Å². The van der Waals surface area contributed by atoms with Crippen molar-refractivity contribution < 1.29 is 24.2 Å². The summed E-state index contributed by atoms with van der Waals surface area (Å²) in [6, 6.07) is 2.23. The monoisotopic (exact) mass is 281 g/mol. The number of aromatic carboxylic acids is 1. The molecule has 0 aliphatic carbocycles. The molecule has 0 radical (unpaired) electrons. The van der Waals surface area contributed by atoms with Gasteiger partial charge in [-0.1, -0.05) is 0 Å². The van der Waals surface area contributed by atoms with E-state index >= 15 is 0 Å². The van der Waals surface area contributed by atoms with E-state index in [0.29, 0.717) is 5.69 Å². The van der Waals surface area contributed by atoms with E-state index in [2.05, 4.69) is 15.0 Å². The van der Waals surface area contributed by atoms with Crippen LogP contribution in [0.3, 0.4) is 0 Å². The number of hydrogen-bond acceptors (Lipinski definition) is 5. The molecule has 1 rings (SSSR count). The number of nitrogens with zero attached hydrogens (tertiary/aromatic N) is 2. The molecular weight excluding hydrogens is 266 g/mol. The van der Waals surface area contributed by atoms with Gasteiger partial charge in [-0.3, -0.25) is 9.78 Å². The molecule has 0 aromatic carbocycles. The van der Waals surface area contributed by atoms with Crippen molar-refractivity contribution in [1.82, 2.24) is 15.2 Å². The molecule has 0 bridgehead atoms. The zero-order valence-electron chi connectivity index (χ0n) is 11.1. The van der Waals surface area contributed by atoms with Gasteiger partial charge in [0.05, 0.1) is 24.9 Å². The molecule has 2 N–H and O–H groups in total. The van der Waals surface area contributed by atoms with E-state index in [1.807, 2.05) is 0 Å². The summed E-state index contributed by atoms with van der Waals surface area (Å²) in [7, 11) is 2.67. The quantitative estimate of drug-likeness (QED) is 0.741. The van der Waals surface area contributed by atoms with Gasteiger partial charge in [-0.25, -0.2) is 9.59 Å². The molecule has 1 aromatic heterocycles. The number of rotatable bonds is 5. The Kier molecular flexibility index (Phi) is 5.45. The van der Waals surface area contributed by atoms with Gasteiger partial charge in [-0.2, -0.15) is 0 Å². The number of nitrogens with one attached hydrogen (secondary N) is 1. The molecule has 8 heteroatoms. The molecule has 0 aliphatic heterocycles. The first-order valence-electron chi connectivity index (χ1n) is 5.68. The zero-order chi connectivity index (χ0) is 15.1. The summed E-state index contributed by atoms with van der Waals surface area (Å²) >= 11 is 0. The van der Waals surface area contributed by atoms with Crippen LogP contribution in [0.5, 0.6) is 0 Å². The van der Waals surface area contributed by atoms with Crippen LogP contribution in [0, 0.1) is 0 Å². The Hall–Kier alpha value is -2.64. The highest BCUT2D eigenvalue weighted by atomic mass is 16.5. The third-order valence-electron chi connectivity index (χ3n) is 2.42. The van der Waals surface area contributed by atoms with Crippen molar-refractivity contribution in [2.75, 3.05) is 20.7 Å². The number of amides is 2.